The van der Waals surface area contributed by atoms with E-state index in [1.807, 2.05) is 0 Å². The fourth-order valence-corrected chi connectivity index (χ4v) is 1.79. The molecule has 0 heterocycles. The number of alkyl halides is 3. The van der Waals surface area contributed by atoms with Crippen LogP contribution in [-0.4, -0.2) is 5.11 Å². The summed E-state index contributed by atoms with van der Waals surface area (Å²) in [6.45, 7) is 1.26. The van der Waals surface area contributed by atoms with Crippen LogP contribution in [0, 0.1) is 6.92 Å². The maximum absolute atomic E-state index is 12.4. The molecule has 0 bridgehead atoms. The van der Waals surface area contributed by atoms with Crippen LogP contribution in [0.15, 0.2) is 16.6 Å². The second-order valence-electron chi connectivity index (χ2n) is 2.91. The van der Waals surface area contributed by atoms with Gasteiger partial charge in [-0.1, -0.05) is 15.9 Å². The molecule has 0 spiro atoms. The molecule has 0 aliphatic carbocycles. The van der Waals surface area contributed by atoms with Crippen molar-refractivity contribution in [2.45, 2.75) is 19.7 Å². The van der Waals surface area contributed by atoms with Gasteiger partial charge < -0.3 is 5.11 Å². The number of aliphatic hydroxyl groups is 1. The average Bonchev–Trinajstić information content (AvgIpc) is 2.02. The molecule has 0 saturated carbocycles. The summed E-state index contributed by atoms with van der Waals surface area (Å²) in [7, 11) is 0. The zero-order chi connectivity index (χ0) is 10.9. The highest BCUT2D eigenvalue weighted by Crippen LogP contribution is 2.36. The van der Waals surface area contributed by atoms with Crippen molar-refractivity contribution in [3.8, 4) is 0 Å². The van der Waals surface area contributed by atoms with Crippen LogP contribution in [-0.2, 0) is 12.8 Å². The van der Waals surface area contributed by atoms with Crippen molar-refractivity contribution in [2.75, 3.05) is 0 Å². The molecule has 0 aliphatic rings. The van der Waals surface area contributed by atoms with E-state index in [9.17, 15) is 13.2 Å². The molecule has 1 N–H and O–H groups in total. The van der Waals surface area contributed by atoms with E-state index in [2.05, 4.69) is 15.9 Å². The van der Waals surface area contributed by atoms with Gasteiger partial charge in [-0.2, -0.15) is 13.2 Å². The number of rotatable bonds is 1. The van der Waals surface area contributed by atoms with E-state index in [0.717, 1.165) is 6.07 Å². The molecule has 1 rings (SSSR count). The second-order valence-corrected chi connectivity index (χ2v) is 3.77. The summed E-state index contributed by atoms with van der Waals surface area (Å²) >= 11 is 2.84. The standard InChI is InChI=1S/C9H8BrF3O/c1-5-2-8(10)7(9(11,12)13)3-6(5)4-14/h2-3,14H,4H2,1H3. The Bertz CT molecular complexity index is 347. The number of aliphatic hydroxyl groups excluding tert-OH is 1. The van der Waals surface area contributed by atoms with Gasteiger partial charge in [-0.3, -0.25) is 0 Å². The zero-order valence-corrected chi connectivity index (χ0v) is 8.91. The summed E-state index contributed by atoms with van der Waals surface area (Å²) < 4.78 is 37.2. The molecule has 0 radical (unpaired) electrons. The number of hydrogen-bond donors (Lipinski definition) is 1. The number of hydrogen-bond acceptors (Lipinski definition) is 1. The minimum atomic E-state index is -4.39. The van der Waals surface area contributed by atoms with E-state index in [-0.39, 0.29) is 11.1 Å². The minimum absolute atomic E-state index is 0.000278. The lowest BCUT2D eigenvalue weighted by atomic mass is 10.1. The van der Waals surface area contributed by atoms with Gasteiger partial charge in [0.25, 0.3) is 0 Å². The highest BCUT2D eigenvalue weighted by molar-refractivity contribution is 9.10. The number of halogens is 4. The van der Waals surface area contributed by atoms with Crippen LogP contribution in [0.4, 0.5) is 13.2 Å². The van der Waals surface area contributed by atoms with Crippen LogP contribution in [0.1, 0.15) is 16.7 Å². The Morgan fingerprint density at radius 1 is 1.36 bits per heavy atom. The van der Waals surface area contributed by atoms with Gasteiger partial charge in [0.15, 0.2) is 0 Å². The van der Waals surface area contributed by atoms with E-state index in [1.165, 1.54) is 6.07 Å². The maximum atomic E-state index is 12.4. The van der Waals surface area contributed by atoms with Crippen LogP contribution < -0.4 is 0 Å². The first kappa shape index (κ1) is 11.5. The minimum Gasteiger partial charge on any atom is -0.392 e. The smallest absolute Gasteiger partial charge is 0.392 e. The molecule has 1 nitrogen and oxygen atoms in total. The molecule has 0 unspecified atom stereocenters. The third-order valence-electron chi connectivity index (χ3n) is 1.90. The van der Waals surface area contributed by atoms with Crippen LogP contribution in [0.2, 0.25) is 0 Å². The molecular formula is C9H8BrF3O. The number of benzene rings is 1. The first-order valence-corrected chi connectivity index (χ1v) is 4.62. The SMILES string of the molecule is Cc1cc(Br)c(C(F)(F)F)cc1CO. The van der Waals surface area contributed by atoms with Gasteiger partial charge >= 0.3 is 6.18 Å². The van der Waals surface area contributed by atoms with Crippen molar-refractivity contribution >= 4 is 15.9 Å². The molecule has 5 heteroatoms. The summed E-state index contributed by atoms with van der Waals surface area (Å²) in [6.07, 6.45) is -4.39. The fraction of sp³-hybridized carbons (Fsp3) is 0.333. The molecule has 1 aromatic rings. The zero-order valence-electron chi connectivity index (χ0n) is 7.32. The Labute approximate surface area is 87.7 Å². The van der Waals surface area contributed by atoms with Gasteiger partial charge in [0.1, 0.15) is 0 Å². The molecule has 0 atom stereocenters. The van der Waals surface area contributed by atoms with Crippen molar-refractivity contribution in [3.63, 3.8) is 0 Å². The average molecular weight is 269 g/mol. The van der Waals surface area contributed by atoms with Crippen molar-refractivity contribution in [3.05, 3.63) is 33.3 Å². The Morgan fingerprint density at radius 2 is 1.93 bits per heavy atom. The highest BCUT2D eigenvalue weighted by Gasteiger charge is 2.33. The third-order valence-corrected chi connectivity index (χ3v) is 2.56. The van der Waals surface area contributed by atoms with Gasteiger partial charge in [0.05, 0.1) is 12.2 Å². The normalized spacial score (nSPS) is 11.9. The van der Waals surface area contributed by atoms with Gasteiger partial charge in [0.2, 0.25) is 0 Å². The van der Waals surface area contributed by atoms with E-state index < -0.39 is 11.7 Å². The van der Waals surface area contributed by atoms with Crippen LogP contribution in [0.5, 0.6) is 0 Å². The summed E-state index contributed by atoms with van der Waals surface area (Å²) in [5.41, 5.74) is 0.167. The molecule has 1 aromatic carbocycles. The number of aryl methyl sites for hydroxylation is 1. The van der Waals surface area contributed by atoms with Gasteiger partial charge in [-0.05, 0) is 30.2 Å². The lowest BCUT2D eigenvalue weighted by Gasteiger charge is -2.12. The molecule has 0 aromatic heterocycles. The molecule has 0 amide bonds. The van der Waals surface area contributed by atoms with E-state index in [4.69, 9.17) is 5.11 Å². The van der Waals surface area contributed by atoms with Gasteiger partial charge in [-0.15, -0.1) is 0 Å². The third kappa shape index (κ3) is 2.27. The van der Waals surface area contributed by atoms with Gasteiger partial charge in [-0.25, -0.2) is 0 Å². The van der Waals surface area contributed by atoms with Crippen LogP contribution in [0.3, 0.4) is 0 Å². The summed E-state index contributed by atoms with van der Waals surface area (Å²) in [4.78, 5) is 0. The van der Waals surface area contributed by atoms with E-state index in [0.29, 0.717) is 11.1 Å². The summed E-state index contributed by atoms with van der Waals surface area (Å²) in [6, 6.07) is 2.31. The van der Waals surface area contributed by atoms with Crippen molar-refractivity contribution < 1.29 is 18.3 Å². The topological polar surface area (TPSA) is 20.2 Å². The fourth-order valence-electron chi connectivity index (χ4n) is 1.11. The molecule has 78 valence electrons. The Balaban J connectivity index is 3.32. The first-order chi connectivity index (χ1) is 6.36. The second kappa shape index (κ2) is 3.90. The predicted octanol–water partition coefficient (Wildman–Crippen LogP) is 3.27. The van der Waals surface area contributed by atoms with Crippen molar-refractivity contribution in [2.24, 2.45) is 0 Å². The Kier molecular flexibility index (Phi) is 3.21. The predicted molar refractivity (Wildman–Crippen MR) is 49.8 cm³/mol. The van der Waals surface area contributed by atoms with E-state index >= 15 is 0 Å². The van der Waals surface area contributed by atoms with Crippen LogP contribution >= 0.6 is 15.9 Å². The highest BCUT2D eigenvalue weighted by atomic mass is 79.9. The quantitative estimate of drug-likeness (QED) is 0.829. The Hall–Kier alpha value is -0.550. The molecule has 0 fully saturated rings. The van der Waals surface area contributed by atoms with Crippen molar-refractivity contribution in [1.82, 2.24) is 0 Å². The lowest BCUT2D eigenvalue weighted by Crippen LogP contribution is -2.07. The largest absolute Gasteiger partial charge is 0.417 e. The molecule has 14 heavy (non-hydrogen) atoms. The molecule has 0 aliphatic heterocycles. The molecular weight excluding hydrogens is 261 g/mol. The maximum Gasteiger partial charge on any atom is 0.417 e. The van der Waals surface area contributed by atoms with Crippen molar-refractivity contribution in [1.29, 1.82) is 0 Å². The van der Waals surface area contributed by atoms with Crippen LogP contribution in [0.25, 0.3) is 0 Å². The molecule has 0 saturated heterocycles. The first-order valence-electron chi connectivity index (χ1n) is 3.83. The summed E-state index contributed by atoms with van der Waals surface area (Å²) in [5, 5.41) is 8.82. The summed E-state index contributed by atoms with van der Waals surface area (Å²) in [5.74, 6) is 0. The van der Waals surface area contributed by atoms with Gasteiger partial charge in [0, 0.05) is 4.47 Å². The Morgan fingerprint density at radius 3 is 2.36 bits per heavy atom. The lowest BCUT2D eigenvalue weighted by molar-refractivity contribution is -0.138. The van der Waals surface area contributed by atoms with E-state index in [1.54, 1.807) is 6.92 Å². The monoisotopic (exact) mass is 268 g/mol.